The number of nitrogens with zero attached hydrogens (tertiary/aromatic N) is 2. The van der Waals surface area contributed by atoms with Gasteiger partial charge in [0.25, 0.3) is 0 Å². The van der Waals surface area contributed by atoms with E-state index < -0.39 is 0 Å². The normalized spacial score (nSPS) is 11.5. The van der Waals surface area contributed by atoms with Crippen molar-refractivity contribution in [3.8, 4) is 0 Å². The maximum absolute atomic E-state index is 5.44. The van der Waals surface area contributed by atoms with Gasteiger partial charge in [-0.15, -0.1) is 0 Å². The molecular weight excluding hydrogens is 212 g/mol. The molecule has 2 rings (SSSR count). The molecule has 1 aromatic carbocycles. The molecule has 0 saturated carbocycles. The van der Waals surface area contributed by atoms with Gasteiger partial charge in [0.1, 0.15) is 5.82 Å². The van der Waals surface area contributed by atoms with E-state index in [1.165, 1.54) is 5.52 Å². The third-order valence-corrected chi connectivity index (χ3v) is 2.86. The Morgan fingerprint density at radius 2 is 2.06 bits per heavy atom. The monoisotopic (exact) mass is 232 g/mol. The maximum atomic E-state index is 5.44. The summed E-state index contributed by atoms with van der Waals surface area (Å²) in [6.45, 7) is 8.77. The second kappa shape index (κ2) is 5.32. The zero-order valence-electron chi connectivity index (χ0n) is 10.8. The minimum atomic E-state index is 0.434. The van der Waals surface area contributed by atoms with Crippen LogP contribution in [0.1, 0.15) is 32.5 Å². The molecule has 0 atom stereocenters. The molecule has 0 aliphatic carbocycles. The third kappa shape index (κ3) is 2.50. The van der Waals surface area contributed by atoms with Crippen LogP contribution < -0.4 is 0 Å². The number of benzene rings is 1. The van der Waals surface area contributed by atoms with Crippen molar-refractivity contribution in [2.75, 3.05) is 13.2 Å². The van der Waals surface area contributed by atoms with E-state index in [9.17, 15) is 0 Å². The number of hydrogen-bond acceptors (Lipinski definition) is 2. The van der Waals surface area contributed by atoms with Gasteiger partial charge in [0.15, 0.2) is 0 Å². The number of aromatic nitrogens is 2. The van der Waals surface area contributed by atoms with Crippen LogP contribution in [-0.4, -0.2) is 22.8 Å². The SMILES string of the molecule is CCOCCn1c(C(C)C)nc2ccccc21. The van der Waals surface area contributed by atoms with Gasteiger partial charge >= 0.3 is 0 Å². The minimum Gasteiger partial charge on any atom is -0.380 e. The largest absolute Gasteiger partial charge is 0.380 e. The van der Waals surface area contributed by atoms with E-state index in [1.54, 1.807) is 0 Å². The van der Waals surface area contributed by atoms with Crippen molar-refractivity contribution in [3.05, 3.63) is 30.1 Å². The summed E-state index contributed by atoms with van der Waals surface area (Å²) in [7, 11) is 0. The Kier molecular flexibility index (Phi) is 3.79. The van der Waals surface area contributed by atoms with E-state index in [2.05, 4.69) is 36.6 Å². The third-order valence-electron chi connectivity index (χ3n) is 2.86. The summed E-state index contributed by atoms with van der Waals surface area (Å²) in [5.74, 6) is 1.58. The fraction of sp³-hybridized carbons (Fsp3) is 0.500. The van der Waals surface area contributed by atoms with Crippen molar-refractivity contribution >= 4 is 11.0 Å². The van der Waals surface area contributed by atoms with Crippen molar-refractivity contribution in [1.82, 2.24) is 9.55 Å². The van der Waals surface area contributed by atoms with Crippen LogP contribution in [0.2, 0.25) is 0 Å². The Balaban J connectivity index is 2.37. The number of ether oxygens (including phenoxy) is 1. The molecule has 0 amide bonds. The minimum absolute atomic E-state index is 0.434. The molecule has 3 heteroatoms. The average Bonchev–Trinajstić information content (AvgIpc) is 2.69. The molecule has 0 saturated heterocycles. The molecular formula is C14H20N2O. The van der Waals surface area contributed by atoms with Gasteiger partial charge in [-0.05, 0) is 19.1 Å². The van der Waals surface area contributed by atoms with Crippen LogP contribution in [0.4, 0.5) is 0 Å². The first kappa shape index (κ1) is 12.1. The number of hydrogen-bond donors (Lipinski definition) is 0. The van der Waals surface area contributed by atoms with Gasteiger partial charge in [0.05, 0.1) is 17.6 Å². The van der Waals surface area contributed by atoms with E-state index in [0.29, 0.717) is 5.92 Å². The topological polar surface area (TPSA) is 27.1 Å². The fourth-order valence-corrected chi connectivity index (χ4v) is 2.07. The summed E-state index contributed by atoms with van der Waals surface area (Å²) in [4.78, 5) is 4.70. The zero-order valence-corrected chi connectivity index (χ0v) is 10.8. The molecule has 0 unspecified atom stereocenters. The maximum Gasteiger partial charge on any atom is 0.112 e. The van der Waals surface area contributed by atoms with Crippen molar-refractivity contribution in [3.63, 3.8) is 0 Å². The van der Waals surface area contributed by atoms with Crippen LogP contribution in [0.5, 0.6) is 0 Å². The van der Waals surface area contributed by atoms with E-state index >= 15 is 0 Å². The zero-order chi connectivity index (χ0) is 12.3. The van der Waals surface area contributed by atoms with Crippen LogP contribution >= 0.6 is 0 Å². The van der Waals surface area contributed by atoms with Gasteiger partial charge in [-0.1, -0.05) is 26.0 Å². The predicted molar refractivity (Wildman–Crippen MR) is 70.3 cm³/mol. The Bertz CT molecular complexity index is 488. The summed E-state index contributed by atoms with van der Waals surface area (Å²) in [5.41, 5.74) is 2.28. The lowest BCUT2D eigenvalue weighted by atomic mass is 10.2. The van der Waals surface area contributed by atoms with E-state index in [4.69, 9.17) is 9.72 Å². The summed E-state index contributed by atoms with van der Waals surface area (Å²) in [6, 6.07) is 8.29. The molecule has 0 fully saturated rings. The number of rotatable bonds is 5. The molecule has 92 valence electrons. The van der Waals surface area contributed by atoms with E-state index in [-0.39, 0.29) is 0 Å². The molecule has 2 aromatic rings. The Morgan fingerprint density at radius 1 is 1.29 bits per heavy atom. The van der Waals surface area contributed by atoms with Crippen LogP contribution in [0.15, 0.2) is 24.3 Å². The van der Waals surface area contributed by atoms with Gasteiger partial charge in [0.2, 0.25) is 0 Å². The van der Waals surface area contributed by atoms with Gasteiger partial charge in [-0.25, -0.2) is 4.98 Å². The van der Waals surface area contributed by atoms with Gasteiger partial charge < -0.3 is 9.30 Å². The van der Waals surface area contributed by atoms with Crippen molar-refractivity contribution in [2.24, 2.45) is 0 Å². The number of imidazole rings is 1. The van der Waals surface area contributed by atoms with E-state index in [1.807, 2.05) is 13.0 Å². The van der Waals surface area contributed by atoms with Crippen molar-refractivity contribution in [2.45, 2.75) is 33.2 Å². The van der Waals surface area contributed by atoms with E-state index in [0.717, 1.165) is 31.1 Å². The highest BCUT2D eigenvalue weighted by atomic mass is 16.5. The summed E-state index contributed by atoms with van der Waals surface area (Å²) < 4.78 is 7.72. The van der Waals surface area contributed by atoms with Gasteiger partial charge in [0, 0.05) is 19.1 Å². The lowest BCUT2D eigenvalue weighted by Gasteiger charge is -2.11. The van der Waals surface area contributed by atoms with Crippen LogP contribution in [0.25, 0.3) is 11.0 Å². The first-order valence-electron chi connectivity index (χ1n) is 6.27. The number of para-hydroxylation sites is 2. The van der Waals surface area contributed by atoms with Gasteiger partial charge in [-0.2, -0.15) is 0 Å². The second-order valence-corrected chi connectivity index (χ2v) is 4.46. The molecule has 0 spiro atoms. The van der Waals surface area contributed by atoms with Crippen molar-refractivity contribution in [1.29, 1.82) is 0 Å². The smallest absolute Gasteiger partial charge is 0.112 e. The molecule has 3 nitrogen and oxygen atoms in total. The summed E-state index contributed by atoms with van der Waals surface area (Å²) in [5, 5.41) is 0. The predicted octanol–water partition coefficient (Wildman–Crippen LogP) is 3.20. The first-order chi connectivity index (χ1) is 8.24. The Hall–Kier alpha value is -1.35. The molecule has 17 heavy (non-hydrogen) atoms. The molecule has 0 aliphatic rings. The van der Waals surface area contributed by atoms with Crippen LogP contribution in [-0.2, 0) is 11.3 Å². The second-order valence-electron chi connectivity index (χ2n) is 4.46. The Labute approximate surface area is 102 Å². The van der Waals surface area contributed by atoms with Crippen LogP contribution in [0, 0.1) is 0 Å². The highest BCUT2D eigenvalue weighted by Gasteiger charge is 2.12. The standard InChI is InChI=1S/C14H20N2O/c1-4-17-10-9-16-13-8-6-5-7-12(13)15-14(16)11(2)3/h5-8,11H,4,9-10H2,1-3H3. The average molecular weight is 232 g/mol. The molecule has 1 aromatic heterocycles. The molecule has 0 N–H and O–H groups in total. The quantitative estimate of drug-likeness (QED) is 0.740. The molecule has 0 aliphatic heterocycles. The molecule has 1 heterocycles. The van der Waals surface area contributed by atoms with Crippen molar-refractivity contribution < 1.29 is 4.74 Å². The molecule has 0 radical (unpaired) electrons. The Morgan fingerprint density at radius 3 is 2.76 bits per heavy atom. The summed E-state index contributed by atoms with van der Waals surface area (Å²) >= 11 is 0. The molecule has 0 bridgehead atoms. The lowest BCUT2D eigenvalue weighted by molar-refractivity contribution is 0.139. The van der Waals surface area contributed by atoms with Crippen LogP contribution in [0.3, 0.4) is 0 Å². The van der Waals surface area contributed by atoms with Gasteiger partial charge in [-0.3, -0.25) is 0 Å². The summed E-state index contributed by atoms with van der Waals surface area (Å²) in [6.07, 6.45) is 0. The fourth-order valence-electron chi connectivity index (χ4n) is 2.07. The lowest BCUT2D eigenvalue weighted by Crippen LogP contribution is -2.10. The highest BCUT2D eigenvalue weighted by Crippen LogP contribution is 2.21. The first-order valence-corrected chi connectivity index (χ1v) is 6.27. The highest BCUT2D eigenvalue weighted by molar-refractivity contribution is 5.76. The number of fused-ring (bicyclic) bond motifs is 1.